The van der Waals surface area contributed by atoms with E-state index in [2.05, 4.69) is 21.4 Å². The second kappa shape index (κ2) is 6.93. The highest BCUT2D eigenvalue weighted by atomic mass is 16.1. The summed E-state index contributed by atoms with van der Waals surface area (Å²) in [6.45, 7) is 5.26. The summed E-state index contributed by atoms with van der Waals surface area (Å²) in [6, 6.07) is 4.29. The second-order valence-electron chi connectivity index (χ2n) is 6.48. The van der Waals surface area contributed by atoms with Gasteiger partial charge in [0, 0.05) is 44.3 Å². The maximum atomic E-state index is 12.3. The van der Waals surface area contributed by atoms with E-state index in [0.717, 1.165) is 36.5 Å². The number of nitriles is 1. The van der Waals surface area contributed by atoms with Crippen LogP contribution in [0.1, 0.15) is 29.8 Å². The summed E-state index contributed by atoms with van der Waals surface area (Å²) in [5, 5.41) is 12.9. The molecule has 0 spiro atoms. The number of aromatic nitrogens is 3. The Kier molecular flexibility index (Phi) is 4.70. The van der Waals surface area contributed by atoms with E-state index in [0.29, 0.717) is 17.9 Å². The molecule has 7 nitrogen and oxygen atoms in total. The molecule has 130 valence electrons. The third-order valence-corrected chi connectivity index (χ3v) is 4.52. The molecule has 7 heteroatoms. The quantitative estimate of drug-likeness (QED) is 0.917. The summed E-state index contributed by atoms with van der Waals surface area (Å²) in [5.41, 5.74) is 2.92. The molecule has 0 radical (unpaired) electrons. The van der Waals surface area contributed by atoms with Crippen molar-refractivity contribution >= 4 is 11.5 Å². The van der Waals surface area contributed by atoms with Crippen molar-refractivity contribution in [3.63, 3.8) is 0 Å². The summed E-state index contributed by atoms with van der Waals surface area (Å²) < 4.78 is 1.54. The maximum absolute atomic E-state index is 12.3. The van der Waals surface area contributed by atoms with Crippen LogP contribution in [0.5, 0.6) is 0 Å². The predicted molar refractivity (Wildman–Crippen MR) is 96.8 cm³/mol. The van der Waals surface area contributed by atoms with Crippen molar-refractivity contribution < 1.29 is 0 Å². The number of piperidine rings is 1. The van der Waals surface area contributed by atoms with Gasteiger partial charge in [-0.2, -0.15) is 5.26 Å². The van der Waals surface area contributed by atoms with E-state index in [4.69, 9.17) is 0 Å². The van der Waals surface area contributed by atoms with Crippen LogP contribution in [0.4, 0.5) is 11.5 Å². The zero-order chi connectivity index (χ0) is 18.0. The molecular formula is C18H22N6O. The zero-order valence-electron chi connectivity index (χ0n) is 14.8. The average molecular weight is 338 g/mol. The number of aryl methyl sites for hydroxylation is 3. The molecule has 1 saturated heterocycles. The third kappa shape index (κ3) is 3.48. The number of rotatable bonds is 3. The van der Waals surface area contributed by atoms with Crippen LogP contribution in [0.25, 0.3) is 0 Å². The Hall–Kier alpha value is -2.88. The maximum Gasteiger partial charge on any atom is 0.293 e. The Morgan fingerprint density at radius 1 is 1.40 bits per heavy atom. The summed E-state index contributed by atoms with van der Waals surface area (Å²) in [4.78, 5) is 23.0. The molecule has 1 aliphatic rings. The van der Waals surface area contributed by atoms with Gasteiger partial charge in [0.2, 0.25) is 0 Å². The Morgan fingerprint density at radius 3 is 2.96 bits per heavy atom. The number of nitrogens with one attached hydrogen (secondary N) is 1. The van der Waals surface area contributed by atoms with Gasteiger partial charge in [-0.15, -0.1) is 0 Å². The molecule has 1 N–H and O–H groups in total. The van der Waals surface area contributed by atoms with Gasteiger partial charge in [-0.05, 0) is 32.8 Å². The molecule has 1 atom stereocenters. The fourth-order valence-corrected chi connectivity index (χ4v) is 3.29. The van der Waals surface area contributed by atoms with Crippen LogP contribution in [-0.4, -0.2) is 33.7 Å². The Bertz CT molecular complexity index is 882. The van der Waals surface area contributed by atoms with E-state index in [-0.39, 0.29) is 11.6 Å². The van der Waals surface area contributed by atoms with Crippen LogP contribution in [0, 0.1) is 25.2 Å². The molecule has 25 heavy (non-hydrogen) atoms. The SMILES string of the molecule is Cc1cc(N[C@@H]2CCCN(c3nccn(C)c3=O)C2)c(C#N)c(C)n1. The molecular weight excluding hydrogens is 316 g/mol. The van der Waals surface area contributed by atoms with Crippen molar-refractivity contribution in [2.75, 3.05) is 23.3 Å². The summed E-state index contributed by atoms with van der Waals surface area (Å²) in [7, 11) is 1.73. The minimum absolute atomic E-state index is 0.0866. The lowest BCUT2D eigenvalue weighted by Crippen LogP contribution is -2.45. The molecule has 1 aliphatic heterocycles. The van der Waals surface area contributed by atoms with Crippen molar-refractivity contribution in [1.82, 2.24) is 14.5 Å². The van der Waals surface area contributed by atoms with Crippen molar-refractivity contribution in [2.45, 2.75) is 32.7 Å². The summed E-state index contributed by atoms with van der Waals surface area (Å²) in [5.74, 6) is 0.485. The smallest absolute Gasteiger partial charge is 0.293 e. The van der Waals surface area contributed by atoms with Crippen molar-refractivity contribution in [3.05, 3.63) is 45.8 Å². The molecule has 0 bridgehead atoms. The van der Waals surface area contributed by atoms with Gasteiger partial charge >= 0.3 is 0 Å². The Morgan fingerprint density at radius 2 is 2.20 bits per heavy atom. The molecule has 0 amide bonds. The van der Waals surface area contributed by atoms with E-state index in [9.17, 15) is 10.1 Å². The van der Waals surface area contributed by atoms with Gasteiger partial charge in [0.25, 0.3) is 5.56 Å². The number of nitrogens with zero attached hydrogens (tertiary/aromatic N) is 5. The minimum Gasteiger partial charge on any atom is -0.379 e. The number of anilines is 2. The monoisotopic (exact) mass is 338 g/mol. The molecule has 0 unspecified atom stereocenters. The molecule has 0 saturated carbocycles. The van der Waals surface area contributed by atoms with E-state index in [1.807, 2.05) is 24.8 Å². The molecule has 2 aromatic rings. The molecule has 0 aliphatic carbocycles. The second-order valence-corrected chi connectivity index (χ2v) is 6.48. The van der Waals surface area contributed by atoms with Gasteiger partial charge < -0.3 is 14.8 Å². The number of hydrogen-bond donors (Lipinski definition) is 1. The van der Waals surface area contributed by atoms with Gasteiger partial charge in [0.15, 0.2) is 5.82 Å². The normalized spacial score (nSPS) is 17.2. The third-order valence-electron chi connectivity index (χ3n) is 4.52. The highest BCUT2D eigenvalue weighted by molar-refractivity contribution is 5.60. The number of hydrogen-bond acceptors (Lipinski definition) is 6. The van der Waals surface area contributed by atoms with Crippen LogP contribution in [-0.2, 0) is 7.05 Å². The van der Waals surface area contributed by atoms with Crippen LogP contribution in [0.2, 0.25) is 0 Å². The first-order valence-corrected chi connectivity index (χ1v) is 8.41. The topological polar surface area (TPSA) is 86.8 Å². The van der Waals surface area contributed by atoms with Gasteiger partial charge in [-0.25, -0.2) is 4.98 Å². The Balaban J connectivity index is 1.83. The Labute approximate surface area is 146 Å². The lowest BCUT2D eigenvalue weighted by molar-refractivity contribution is 0.523. The lowest BCUT2D eigenvalue weighted by Gasteiger charge is -2.34. The summed E-state index contributed by atoms with van der Waals surface area (Å²) >= 11 is 0. The van der Waals surface area contributed by atoms with Crippen LogP contribution in [0.3, 0.4) is 0 Å². The van der Waals surface area contributed by atoms with Crippen molar-refractivity contribution in [3.8, 4) is 6.07 Å². The van der Waals surface area contributed by atoms with E-state index in [1.54, 1.807) is 24.0 Å². The standard InChI is InChI=1S/C18H22N6O/c1-12-9-16(15(10-19)13(2)21-12)22-14-5-4-7-24(11-14)17-18(25)23(3)8-6-20-17/h6,8-9,14H,4-5,7,11H2,1-3H3,(H,21,22)/t14-/m1/s1. The fraction of sp³-hybridized carbons (Fsp3) is 0.444. The largest absolute Gasteiger partial charge is 0.379 e. The van der Waals surface area contributed by atoms with E-state index < -0.39 is 0 Å². The lowest BCUT2D eigenvalue weighted by atomic mass is 10.0. The van der Waals surface area contributed by atoms with Gasteiger partial charge in [-0.1, -0.05) is 0 Å². The summed E-state index contributed by atoms with van der Waals surface area (Å²) in [6.07, 6.45) is 5.25. The fourth-order valence-electron chi connectivity index (χ4n) is 3.29. The van der Waals surface area contributed by atoms with Crippen molar-refractivity contribution in [2.24, 2.45) is 7.05 Å². The van der Waals surface area contributed by atoms with Gasteiger partial charge in [-0.3, -0.25) is 9.78 Å². The molecule has 1 fully saturated rings. The average Bonchev–Trinajstić information content (AvgIpc) is 2.57. The predicted octanol–water partition coefficient (Wildman–Crippen LogP) is 1.74. The van der Waals surface area contributed by atoms with Gasteiger partial charge in [0.05, 0.1) is 16.9 Å². The minimum atomic E-state index is -0.0866. The van der Waals surface area contributed by atoms with Crippen LogP contribution in [0.15, 0.2) is 23.3 Å². The first-order chi connectivity index (χ1) is 12.0. The van der Waals surface area contributed by atoms with Crippen LogP contribution < -0.4 is 15.8 Å². The highest BCUT2D eigenvalue weighted by Crippen LogP contribution is 2.23. The first-order valence-electron chi connectivity index (χ1n) is 8.41. The molecule has 0 aromatic carbocycles. The van der Waals surface area contributed by atoms with E-state index >= 15 is 0 Å². The zero-order valence-corrected chi connectivity index (χ0v) is 14.8. The van der Waals surface area contributed by atoms with Crippen molar-refractivity contribution in [1.29, 1.82) is 5.26 Å². The molecule has 3 heterocycles. The van der Waals surface area contributed by atoms with E-state index in [1.165, 1.54) is 0 Å². The molecule has 3 rings (SSSR count). The highest BCUT2D eigenvalue weighted by Gasteiger charge is 2.24. The van der Waals surface area contributed by atoms with Gasteiger partial charge in [0.1, 0.15) is 6.07 Å². The first kappa shape index (κ1) is 17.0. The molecule has 2 aromatic heterocycles. The number of pyridine rings is 1. The van der Waals surface area contributed by atoms with Crippen LogP contribution >= 0.6 is 0 Å².